The smallest absolute Gasteiger partial charge is 0.273 e. The zero-order valence-corrected chi connectivity index (χ0v) is 8.83. The van der Waals surface area contributed by atoms with Gasteiger partial charge >= 0.3 is 0 Å². The van der Waals surface area contributed by atoms with Gasteiger partial charge in [0.25, 0.3) is 5.91 Å². The third-order valence-electron chi connectivity index (χ3n) is 2.28. The fourth-order valence-corrected chi connectivity index (χ4v) is 2.52. The molecule has 0 aromatic carbocycles. The maximum Gasteiger partial charge on any atom is 0.273 e. The van der Waals surface area contributed by atoms with E-state index in [0.29, 0.717) is 5.69 Å². The van der Waals surface area contributed by atoms with Crippen molar-refractivity contribution in [1.29, 1.82) is 0 Å². The Balaban J connectivity index is 2.16. The van der Waals surface area contributed by atoms with E-state index in [1.54, 1.807) is 24.0 Å². The van der Waals surface area contributed by atoms with Gasteiger partial charge in [-0.25, -0.2) is 0 Å². The van der Waals surface area contributed by atoms with Gasteiger partial charge in [0.1, 0.15) is 5.69 Å². The molecule has 0 radical (unpaired) electrons. The van der Waals surface area contributed by atoms with E-state index in [9.17, 15) is 4.79 Å². The summed E-state index contributed by atoms with van der Waals surface area (Å²) in [6.45, 7) is 2.89. The number of hydrogen-bond donors (Lipinski definition) is 0. The predicted octanol–water partition coefficient (Wildman–Crippen LogP) is 1.62. The Bertz CT molecular complexity index is 328. The molecule has 0 spiro atoms. The average Bonchev–Trinajstić information content (AvgIpc) is 2.65. The molecule has 1 aromatic heterocycles. The Morgan fingerprint density at radius 1 is 1.64 bits per heavy atom. The van der Waals surface area contributed by atoms with Gasteiger partial charge in [0.05, 0.1) is 5.37 Å². The van der Waals surface area contributed by atoms with Crippen LogP contribution in [0.15, 0.2) is 24.4 Å². The SMILES string of the molecule is CC1SCCN1C(=O)c1ccccn1. The summed E-state index contributed by atoms with van der Waals surface area (Å²) in [5, 5.41) is 0.282. The molecule has 1 unspecified atom stereocenters. The predicted molar refractivity (Wildman–Crippen MR) is 57.2 cm³/mol. The number of pyridine rings is 1. The van der Waals surface area contributed by atoms with E-state index >= 15 is 0 Å². The highest BCUT2D eigenvalue weighted by Gasteiger charge is 2.26. The second-order valence-electron chi connectivity index (χ2n) is 3.18. The molecule has 0 aliphatic carbocycles. The molecule has 1 fully saturated rings. The molecule has 14 heavy (non-hydrogen) atoms. The van der Waals surface area contributed by atoms with Crippen LogP contribution in [0.5, 0.6) is 0 Å². The summed E-state index contributed by atoms with van der Waals surface area (Å²) < 4.78 is 0. The lowest BCUT2D eigenvalue weighted by molar-refractivity contribution is 0.0763. The van der Waals surface area contributed by atoms with Crippen molar-refractivity contribution in [2.75, 3.05) is 12.3 Å². The molecule has 2 rings (SSSR count). The summed E-state index contributed by atoms with van der Waals surface area (Å²) in [5.41, 5.74) is 0.543. The molecule has 1 amide bonds. The van der Waals surface area contributed by atoms with E-state index in [1.807, 2.05) is 17.0 Å². The van der Waals surface area contributed by atoms with Gasteiger partial charge in [-0.05, 0) is 19.1 Å². The van der Waals surface area contributed by atoms with E-state index in [-0.39, 0.29) is 11.3 Å². The van der Waals surface area contributed by atoms with Crippen LogP contribution in [-0.4, -0.2) is 33.5 Å². The van der Waals surface area contributed by atoms with Crippen LogP contribution in [0.2, 0.25) is 0 Å². The molecular weight excluding hydrogens is 196 g/mol. The summed E-state index contributed by atoms with van der Waals surface area (Å²) in [7, 11) is 0. The van der Waals surface area contributed by atoms with Crippen molar-refractivity contribution in [3.05, 3.63) is 30.1 Å². The maximum absolute atomic E-state index is 11.9. The van der Waals surface area contributed by atoms with Gasteiger partial charge < -0.3 is 4.90 Å². The van der Waals surface area contributed by atoms with Crippen molar-refractivity contribution >= 4 is 17.7 Å². The molecule has 0 saturated carbocycles. The second-order valence-corrected chi connectivity index (χ2v) is 4.61. The first-order valence-corrected chi connectivity index (χ1v) is 5.67. The van der Waals surface area contributed by atoms with E-state index in [0.717, 1.165) is 12.3 Å². The average molecular weight is 208 g/mol. The number of hydrogen-bond acceptors (Lipinski definition) is 3. The lowest BCUT2D eigenvalue weighted by Crippen LogP contribution is -2.33. The first-order valence-electron chi connectivity index (χ1n) is 4.62. The summed E-state index contributed by atoms with van der Waals surface area (Å²) >= 11 is 1.81. The summed E-state index contributed by atoms with van der Waals surface area (Å²) in [4.78, 5) is 17.8. The fourth-order valence-electron chi connectivity index (χ4n) is 1.50. The number of aromatic nitrogens is 1. The minimum absolute atomic E-state index is 0.0445. The van der Waals surface area contributed by atoms with Gasteiger partial charge in [0.2, 0.25) is 0 Å². The first-order chi connectivity index (χ1) is 6.79. The van der Waals surface area contributed by atoms with Crippen LogP contribution >= 0.6 is 11.8 Å². The van der Waals surface area contributed by atoms with Crippen LogP contribution in [0.25, 0.3) is 0 Å². The Morgan fingerprint density at radius 3 is 3.07 bits per heavy atom. The Kier molecular flexibility index (Phi) is 2.72. The largest absolute Gasteiger partial charge is 0.325 e. The summed E-state index contributed by atoms with van der Waals surface area (Å²) in [5.74, 6) is 1.07. The Morgan fingerprint density at radius 2 is 2.50 bits per heavy atom. The molecule has 3 nitrogen and oxygen atoms in total. The minimum Gasteiger partial charge on any atom is -0.325 e. The number of rotatable bonds is 1. The lowest BCUT2D eigenvalue weighted by Gasteiger charge is -2.19. The van der Waals surface area contributed by atoms with Gasteiger partial charge in [0.15, 0.2) is 0 Å². The normalized spacial score (nSPS) is 21.2. The number of nitrogens with zero attached hydrogens (tertiary/aromatic N) is 2. The van der Waals surface area contributed by atoms with Gasteiger partial charge in [0, 0.05) is 18.5 Å². The quantitative estimate of drug-likeness (QED) is 0.703. The topological polar surface area (TPSA) is 33.2 Å². The molecular formula is C10H12N2OS. The van der Waals surface area contributed by atoms with Crippen molar-refractivity contribution in [1.82, 2.24) is 9.88 Å². The van der Waals surface area contributed by atoms with Crippen molar-refractivity contribution in [2.45, 2.75) is 12.3 Å². The molecule has 0 N–H and O–H groups in total. The molecule has 74 valence electrons. The van der Waals surface area contributed by atoms with Crippen LogP contribution < -0.4 is 0 Å². The highest BCUT2D eigenvalue weighted by molar-refractivity contribution is 8.00. The number of carbonyl (C=O) groups excluding carboxylic acids is 1. The number of thioether (sulfide) groups is 1. The second kappa shape index (κ2) is 4.00. The van der Waals surface area contributed by atoms with E-state index < -0.39 is 0 Å². The van der Waals surface area contributed by atoms with Gasteiger partial charge in [-0.3, -0.25) is 9.78 Å². The van der Waals surface area contributed by atoms with Crippen LogP contribution in [-0.2, 0) is 0 Å². The van der Waals surface area contributed by atoms with Crippen LogP contribution in [0.3, 0.4) is 0 Å². The molecule has 1 saturated heterocycles. The highest BCUT2D eigenvalue weighted by atomic mass is 32.2. The molecule has 4 heteroatoms. The zero-order valence-electron chi connectivity index (χ0n) is 8.01. The lowest BCUT2D eigenvalue weighted by atomic mass is 10.3. The standard InChI is InChI=1S/C10H12N2OS/c1-8-12(6-7-14-8)10(13)9-4-2-3-5-11-9/h2-5,8H,6-7H2,1H3. The molecule has 0 bridgehead atoms. The third-order valence-corrected chi connectivity index (χ3v) is 3.43. The Labute approximate surface area is 87.5 Å². The molecule has 1 aliphatic heterocycles. The molecule has 1 atom stereocenters. The summed E-state index contributed by atoms with van der Waals surface area (Å²) in [6, 6.07) is 5.42. The van der Waals surface area contributed by atoms with Gasteiger partial charge in [-0.1, -0.05) is 6.07 Å². The van der Waals surface area contributed by atoms with Crippen LogP contribution in [0.1, 0.15) is 17.4 Å². The maximum atomic E-state index is 11.9. The van der Waals surface area contributed by atoms with Crippen LogP contribution in [0, 0.1) is 0 Å². The highest BCUT2D eigenvalue weighted by Crippen LogP contribution is 2.24. The molecule has 2 heterocycles. The van der Waals surface area contributed by atoms with Gasteiger partial charge in [-0.15, -0.1) is 11.8 Å². The van der Waals surface area contributed by atoms with Crippen molar-refractivity contribution in [2.24, 2.45) is 0 Å². The number of amides is 1. The van der Waals surface area contributed by atoms with Crippen molar-refractivity contribution < 1.29 is 4.79 Å². The van der Waals surface area contributed by atoms with Crippen molar-refractivity contribution in [3.8, 4) is 0 Å². The fraction of sp³-hybridized carbons (Fsp3) is 0.400. The minimum atomic E-state index is 0.0445. The molecule has 1 aliphatic rings. The Hall–Kier alpha value is -1.03. The zero-order chi connectivity index (χ0) is 9.97. The van der Waals surface area contributed by atoms with Crippen LogP contribution in [0.4, 0.5) is 0 Å². The van der Waals surface area contributed by atoms with Gasteiger partial charge in [-0.2, -0.15) is 0 Å². The number of carbonyl (C=O) groups is 1. The van der Waals surface area contributed by atoms with Crippen molar-refractivity contribution in [3.63, 3.8) is 0 Å². The summed E-state index contributed by atoms with van der Waals surface area (Å²) in [6.07, 6.45) is 1.65. The molecule has 1 aromatic rings. The van der Waals surface area contributed by atoms with E-state index in [2.05, 4.69) is 11.9 Å². The first kappa shape index (κ1) is 9.52. The third kappa shape index (κ3) is 1.75. The van der Waals surface area contributed by atoms with E-state index in [1.165, 1.54) is 0 Å². The monoisotopic (exact) mass is 208 g/mol. The van der Waals surface area contributed by atoms with E-state index in [4.69, 9.17) is 0 Å².